The average Bonchev–Trinajstić information content (AvgIpc) is 2.84. The molecule has 0 saturated carbocycles. The second-order valence-corrected chi connectivity index (χ2v) is 8.49. The third-order valence-electron chi connectivity index (χ3n) is 4.92. The van der Waals surface area contributed by atoms with E-state index in [4.69, 9.17) is 28.3 Å². The second kappa shape index (κ2) is 13.8. The summed E-state index contributed by atoms with van der Waals surface area (Å²) in [6.45, 7) is 1.93. The zero-order valence-electron chi connectivity index (χ0n) is 19.9. The van der Waals surface area contributed by atoms with Gasteiger partial charge in [0, 0.05) is 18.7 Å². The molecule has 0 aliphatic rings. The predicted octanol–water partition coefficient (Wildman–Crippen LogP) is 5.69. The van der Waals surface area contributed by atoms with E-state index in [1.54, 1.807) is 13.0 Å². The van der Waals surface area contributed by atoms with Crippen molar-refractivity contribution in [3.63, 3.8) is 0 Å². The Morgan fingerprint density at radius 1 is 0.895 bits per heavy atom. The van der Waals surface area contributed by atoms with Crippen LogP contribution in [0.15, 0.2) is 66.7 Å². The first-order chi connectivity index (χ1) is 17.9. The van der Waals surface area contributed by atoms with Gasteiger partial charge in [0.15, 0.2) is 0 Å². The molecule has 12 heteroatoms. The van der Waals surface area contributed by atoms with Gasteiger partial charge in [-0.2, -0.15) is 13.2 Å². The van der Waals surface area contributed by atoms with Crippen molar-refractivity contribution in [2.45, 2.75) is 25.6 Å². The molecule has 3 aromatic carbocycles. The van der Waals surface area contributed by atoms with Crippen molar-refractivity contribution in [1.82, 2.24) is 5.32 Å². The van der Waals surface area contributed by atoms with E-state index in [9.17, 15) is 32.7 Å². The molecule has 2 amide bonds. The number of halogens is 5. The van der Waals surface area contributed by atoms with Gasteiger partial charge in [-0.05, 0) is 48.9 Å². The fourth-order valence-electron chi connectivity index (χ4n) is 3.23. The van der Waals surface area contributed by atoms with E-state index >= 15 is 0 Å². The highest BCUT2D eigenvalue weighted by Gasteiger charge is 2.35. The van der Waals surface area contributed by atoms with E-state index in [2.05, 4.69) is 10.6 Å². The molecule has 202 valence electrons. The Bertz CT molecular complexity index is 1260. The Balaban J connectivity index is 0.00000161. The molecule has 1 atom stereocenters. The van der Waals surface area contributed by atoms with Crippen LogP contribution < -0.4 is 10.6 Å². The van der Waals surface area contributed by atoms with E-state index in [0.717, 1.165) is 18.2 Å². The van der Waals surface area contributed by atoms with Crippen LogP contribution in [-0.2, 0) is 17.4 Å². The van der Waals surface area contributed by atoms with E-state index in [1.165, 1.54) is 42.5 Å². The van der Waals surface area contributed by atoms with E-state index in [-0.39, 0.29) is 28.6 Å². The lowest BCUT2D eigenvalue weighted by atomic mass is 10.0. The lowest BCUT2D eigenvalue weighted by Gasteiger charge is -2.17. The standard InChI is InChI=1S/C24H17Cl2F3N2O4.C2H6O/c25-17-6-3-7-18(26)20(17)22(33)30-14-10-8-13(9-11-14)12-19(23(34)35)31-21(32)15-4-1-2-5-16(15)24(27,28)29;1-2-3/h1-11,19H,12H2,(H,30,33)(H,31,32)(H,34,35);3H,2H2,1H3/t19-;/m0./s1. The molecule has 7 nitrogen and oxygen atoms in total. The van der Waals surface area contributed by atoms with Gasteiger partial charge in [-0.1, -0.05) is 53.5 Å². The van der Waals surface area contributed by atoms with Gasteiger partial charge < -0.3 is 20.8 Å². The fourth-order valence-corrected chi connectivity index (χ4v) is 3.80. The van der Waals surface area contributed by atoms with Crippen molar-refractivity contribution in [2.75, 3.05) is 11.9 Å². The third kappa shape index (κ3) is 8.47. The number of hydrogen-bond acceptors (Lipinski definition) is 4. The Morgan fingerprint density at radius 3 is 1.97 bits per heavy atom. The summed E-state index contributed by atoms with van der Waals surface area (Å²) in [5, 5.41) is 22.1. The number of anilines is 1. The number of aliphatic hydroxyl groups excluding tert-OH is 1. The first kappa shape index (κ1) is 30.6. The van der Waals surface area contributed by atoms with Crippen LogP contribution in [0.5, 0.6) is 0 Å². The quantitative estimate of drug-likeness (QED) is 0.291. The number of carboxylic acid groups (broad SMARTS) is 1. The average molecular weight is 571 g/mol. The smallest absolute Gasteiger partial charge is 0.417 e. The number of carbonyl (C=O) groups excluding carboxylic acids is 2. The van der Waals surface area contributed by atoms with Gasteiger partial charge in [-0.3, -0.25) is 9.59 Å². The van der Waals surface area contributed by atoms with Crippen molar-refractivity contribution in [3.8, 4) is 0 Å². The minimum Gasteiger partial charge on any atom is -0.480 e. The summed E-state index contributed by atoms with van der Waals surface area (Å²) in [6, 6.07) is 13.2. The number of nitrogens with one attached hydrogen (secondary N) is 2. The Morgan fingerprint density at radius 2 is 1.45 bits per heavy atom. The molecule has 4 N–H and O–H groups in total. The number of hydrogen-bond donors (Lipinski definition) is 4. The molecule has 38 heavy (non-hydrogen) atoms. The van der Waals surface area contributed by atoms with Crippen LogP contribution in [0.3, 0.4) is 0 Å². The number of carbonyl (C=O) groups is 3. The van der Waals surface area contributed by atoms with Crippen LogP contribution in [0.4, 0.5) is 18.9 Å². The van der Waals surface area contributed by atoms with Gasteiger partial charge in [-0.15, -0.1) is 0 Å². The van der Waals surface area contributed by atoms with Crippen molar-refractivity contribution in [1.29, 1.82) is 0 Å². The Kier molecular flexibility index (Phi) is 11.1. The van der Waals surface area contributed by atoms with Gasteiger partial charge in [0.2, 0.25) is 0 Å². The molecular formula is C26H23Cl2F3N2O5. The summed E-state index contributed by atoms with van der Waals surface area (Å²) in [6.07, 6.45) is -4.99. The summed E-state index contributed by atoms with van der Waals surface area (Å²) in [5.41, 5.74) is -0.934. The Hall–Kier alpha value is -3.60. The molecule has 3 aromatic rings. The van der Waals surface area contributed by atoms with Crippen LogP contribution in [0.1, 0.15) is 38.8 Å². The third-order valence-corrected chi connectivity index (χ3v) is 5.55. The SMILES string of the molecule is CCO.O=C(N[C@@H](Cc1ccc(NC(=O)c2c(Cl)cccc2Cl)cc1)C(=O)O)c1ccccc1C(F)(F)F. The molecule has 0 heterocycles. The molecule has 0 aliphatic heterocycles. The summed E-state index contributed by atoms with van der Waals surface area (Å²) < 4.78 is 39.6. The van der Waals surface area contributed by atoms with Gasteiger partial charge in [0.05, 0.1) is 26.7 Å². The summed E-state index contributed by atoms with van der Waals surface area (Å²) in [5.74, 6) is -3.13. The molecule has 3 rings (SSSR count). The first-order valence-corrected chi connectivity index (χ1v) is 11.8. The molecule has 0 aliphatic carbocycles. The second-order valence-electron chi connectivity index (χ2n) is 7.68. The first-order valence-electron chi connectivity index (χ1n) is 11.0. The number of carboxylic acids is 1. The van der Waals surface area contributed by atoms with Crippen molar-refractivity contribution >= 4 is 46.7 Å². The Labute approximate surface area is 226 Å². The summed E-state index contributed by atoms with van der Waals surface area (Å²) >= 11 is 12.1. The van der Waals surface area contributed by atoms with Gasteiger partial charge in [0.1, 0.15) is 6.04 Å². The zero-order valence-corrected chi connectivity index (χ0v) is 21.4. The molecule has 0 aromatic heterocycles. The molecule has 0 bridgehead atoms. The highest BCUT2D eigenvalue weighted by atomic mass is 35.5. The van der Waals surface area contributed by atoms with Crippen LogP contribution in [-0.4, -0.2) is 40.6 Å². The van der Waals surface area contributed by atoms with Crippen molar-refractivity contribution in [3.05, 3.63) is 99.0 Å². The maximum Gasteiger partial charge on any atom is 0.417 e. The minimum absolute atomic E-state index is 0.0905. The maximum atomic E-state index is 13.2. The van der Waals surface area contributed by atoms with Crippen LogP contribution in [0.25, 0.3) is 0 Å². The summed E-state index contributed by atoms with van der Waals surface area (Å²) in [4.78, 5) is 36.6. The molecule has 0 radical (unpaired) electrons. The highest BCUT2D eigenvalue weighted by molar-refractivity contribution is 6.40. The number of amides is 2. The van der Waals surface area contributed by atoms with E-state index in [1.807, 2.05) is 0 Å². The maximum absolute atomic E-state index is 13.2. The predicted molar refractivity (Wildman–Crippen MR) is 138 cm³/mol. The molecule has 0 unspecified atom stereocenters. The number of aliphatic hydroxyl groups is 1. The van der Waals surface area contributed by atoms with Gasteiger partial charge in [0.25, 0.3) is 11.8 Å². The van der Waals surface area contributed by atoms with Gasteiger partial charge >= 0.3 is 12.1 Å². The van der Waals surface area contributed by atoms with E-state index < -0.39 is 41.1 Å². The normalized spacial score (nSPS) is 11.6. The minimum atomic E-state index is -4.78. The molecule has 0 spiro atoms. The number of rotatable bonds is 7. The van der Waals surface area contributed by atoms with Gasteiger partial charge in [-0.25, -0.2) is 4.79 Å². The highest BCUT2D eigenvalue weighted by Crippen LogP contribution is 2.32. The monoisotopic (exact) mass is 570 g/mol. The molecular weight excluding hydrogens is 548 g/mol. The van der Waals surface area contributed by atoms with Crippen molar-refractivity contribution in [2.24, 2.45) is 0 Å². The molecule has 0 fully saturated rings. The molecule has 0 saturated heterocycles. The largest absolute Gasteiger partial charge is 0.480 e. The zero-order chi connectivity index (χ0) is 28.5. The van der Waals surface area contributed by atoms with Crippen molar-refractivity contribution < 1.29 is 37.8 Å². The lowest BCUT2D eigenvalue weighted by Crippen LogP contribution is -2.42. The van der Waals surface area contributed by atoms with Crippen LogP contribution >= 0.6 is 23.2 Å². The summed E-state index contributed by atoms with van der Waals surface area (Å²) in [7, 11) is 0. The fraction of sp³-hybridized carbons (Fsp3) is 0.192. The number of aliphatic carboxylic acids is 1. The number of alkyl halides is 3. The van der Waals surface area contributed by atoms with Crippen LogP contribution in [0.2, 0.25) is 10.0 Å². The lowest BCUT2D eigenvalue weighted by molar-refractivity contribution is -0.139. The number of benzene rings is 3. The van der Waals surface area contributed by atoms with Crippen LogP contribution in [0, 0.1) is 0 Å². The topological polar surface area (TPSA) is 116 Å². The van der Waals surface area contributed by atoms with E-state index in [0.29, 0.717) is 11.3 Å².